The summed E-state index contributed by atoms with van der Waals surface area (Å²) in [4.78, 5) is 25.4. The molecule has 2 atom stereocenters. The minimum absolute atomic E-state index is 0.0369. The van der Waals surface area contributed by atoms with Crippen molar-refractivity contribution in [1.82, 2.24) is 10.2 Å². The molecular weight excluding hydrogens is 232 g/mol. The van der Waals surface area contributed by atoms with Crippen molar-refractivity contribution in [2.45, 2.75) is 32.6 Å². The van der Waals surface area contributed by atoms with Gasteiger partial charge in [0.25, 0.3) is 0 Å². The number of hydrogen-bond acceptors (Lipinski definition) is 3. The van der Waals surface area contributed by atoms with Gasteiger partial charge in [0.2, 0.25) is 5.91 Å². The summed E-state index contributed by atoms with van der Waals surface area (Å²) in [5.41, 5.74) is -0.768. The van der Waals surface area contributed by atoms with E-state index in [2.05, 4.69) is 5.32 Å². The van der Waals surface area contributed by atoms with Crippen LogP contribution in [-0.4, -0.2) is 48.1 Å². The average Bonchev–Trinajstić information content (AvgIpc) is 2.39. The largest absolute Gasteiger partial charge is 0.481 e. The first-order valence-electron chi connectivity index (χ1n) is 6.76. The SMILES string of the molecule is CC1(C(=O)O)CCCN(C(=O)[C@H]2CCCNC2)C1. The van der Waals surface area contributed by atoms with Crippen molar-refractivity contribution in [3.8, 4) is 0 Å². The Balaban J connectivity index is 1.99. The average molecular weight is 254 g/mol. The van der Waals surface area contributed by atoms with E-state index in [1.165, 1.54) is 0 Å². The fourth-order valence-electron chi connectivity index (χ4n) is 2.92. The van der Waals surface area contributed by atoms with Gasteiger partial charge < -0.3 is 15.3 Å². The first kappa shape index (κ1) is 13.3. The Morgan fingerprint density at radius 3 is 2.78 bits per heavy atom. The van der Waals surface area contributed by atoms with E-state index in [1.54, 1.807) is 11.8 Å². The highest BCUT2D eigenvalue weighted by Gasteiger charge is 2.40. The number of piperidine rings is 2. The van der Waals surface area contributed by atoms with Gasteiger partial charge in [-0.1, -0.05) is 0 Å². The van der Waals surface area contributed by atoms with Crippen LogP contribution in [-0.2, 0) is 9.59 Å². The van der Waals surface area contributed by atoms with Crippen molar-refractivity contribution in [3.63, 3.8) is 0 Å². The Kier molecular flexibility index (Phi) is 3.90. The molecule has 0 bridgehead atoms. The van der Waals surface area contributed by atoms with Crippen LogP contribution < -0.4 is 5.32 Å². The minimum atomic E-state index is -0.790. The van der Waals surface area contributed by atoms with Crippen LogP contribution in [0.25, 0.3) is 0 Å². The van der Waals surface area contributed by atoms with E-state index in [-0.39, 0.29) is 11.8 Å². The lowest BCUT2D eigenvalue weighted by atomic mass is 9.81. The number of carbonyl (C=O) groups is 2. The van der Waals surface area contributed by atoms with E-state index >= 15 is 0 Å². The molecule has 5 nitrogen and oxygen atoms in total. The topological polar surface area (TPSA) is 69.6 Å². The van der Waals surface area contributed by atoms with E-state index in [9.17, 15) is 14.7 Å². The predicted octanol–water partition coefficient (Wildman–Crippen LogP) is 0.699. The number of nitrogens with one attached hydrogen (secondary N) is 1. The number of carboxylic acid groups (broad SMARTS) is 1. The second kappa shape index (κ2) is 5.26. The molecule has 0 radical (unpaired) electrons. The molecule has 2 heterocycles. The highest BCUT2D eigenvalue weighted by atomic mass is 16.4. The Morgan fingerprint density at radius 1 is 1.39 bits per heavy atom. The number of likely N-dealkylation sites (tertiary alicyclic amines) is 1. The molecule has 0 aliphatic carbocycles. The molecule has 2 fully saturated rings. The molecule has 5 heteroatoms. The number of rotatable bonds is 2. The van der Waals surface area contributed by atoms with Crippen LogP contribution in [0.15, 0.2) is 0 Å². The number of carboxylic acids is 1. The zero-order chi connectivity index (χ0) is 13.2. The normalized spacial score (nSPS) is 33.2. The molecule has 2 rings (SSSR count). The Bertz CT molecular complexity index is 339. The Labute approximate surface area is 108 Å². The van der Waals surface area contributed by atoms with Gasteiger partial charge in [-0.25, -0.2) is 0 Å². The Morgan fingerprint density at radius 2 is 2.17 bits per heavy atom. The summed E-state index contributed by atoms with van der Waals surface area (Å²) in [7, 11) is 0. The molecule has 0 aromatic carbocycles. The smallest absolute Gasteiger partial charge is 0.311 e. The van der Waals surface area contributed by atoms with Crippen molar-refractivity contribution in [2.24, 2.45) is 11.3 Å². The van der Waals surface area contributed by atoms with Gasteiger partial charge in [0.15, 0.2) is 0 Å². The maximum atomic E-state index is 12.4. The van der Waals surface area contributed by atoms with Crippen molar-refractivity contribution in [3.05, 3.63) is 0 Å². The molecule has 102 valence electrons. The first-order valence-corrected chi connectivity index (χ1v) is 6.76. The molecule has 18 heavy (non-hydrogen) atoms. The highest BCUT2D eigenvalue weighted by Crippen LogP contribution is 2.30. The van der Waals surface area contributed by atoms with Crippen LogP contribution >= 0.6 is 0 Å². The van der Waals surface area contributed by atoms with Crippen LogP contribution in [0.3, 0.4) is 0 Å². The fourth-order valence-corrected chi connectivity index (χ4v) is 2.92. The van der Waals surface area contributed by atoms with Crippen molar-refractivity contribution < 1.29 is 14.7 Å². The molecule has 0 aromatic rings. The number of aliphatic carboxylic acids is 1. The minimum Gasteiger partial charge on any atom is -0.481 e. The van der Waals surface area contributed by atoms with Crippen LogP contribution in [0.2, 0.25) is 0 Å². The van der Waals surface area contributed by atoms with Crippen molar-refractivity contribution in [2.75, 3.05) is 26.2 Å². The summed E-state index contributed by atoms with van der Waals surface area (Å²) >= 11 is 0. The lowest BCUT2D eigenvalue weighted by molar-refractivity contribution is -0.154. The second-order valence-corrected chi connectivity index (χ2v) is 5.77. The molecule has 1 amide bonds. The predicted molar refractivity (Wildman–Crippen MR) is 67.2 cm³/mol. The third-order valence-electron chi connectivity index (χ3n) is 4.17. The Hall–Kier alpha value is -1.10. The van der Waals surface area contributed by atoms with Gasteiger partial charge in [-0.2, -0.15) is 0 Å². The zero-order valence-electron chi connectivity index (χ0n) is 10.9. The van der Waals surface area contributed by atoms with E-state index in [0.717, 1.165) is 32.4 Å². The maximum absolute atomic E-state index is 12.4. The summed E-state index contributed by atoms with van der Waals surface area (Å²) < 4.78 is 0. The lowest BCUT2D eigenvalue weighted by Gasteiger charge is -2.39. The van der Waals surface area contributed by atoms with Gasteiger partial charge in [0.1, 0.15) is 0 Å². The third-order valence-corrected chi connectivity index (χ3v) is 4.17. The third kappa shape index (κ3) is 2.66. The summed E-state index contributed by atoms with van der Waals surface area (Å²) in [5.74, 6) is -0.619. The van der Waals surface area contributed by atoms with Crippen LogP contribution in [0, 0.1) is 11.3 Å². The highest BCUT2D eigenvalue weighted by molar-refractivity contribution is 5.81. The number of amides is 1. The van der Waals surface area contributed by atoms with Gasteiger partial charge in [-0.15, -0.1) is 0 Å². The molecule has 2 aliphatic heterocycles. The molecular formula is C13H22N2O3. The summed E-state index contributed by atoms with van der Waals surface area (Å²) in [6.07, 6.45) is 3.40. The molecule has 0 saturated carbocycles. The van der Waals surface area contributed by atoms with Gasteiger partial charge in [0.05, 0.1) is 11.3 Å². The molecule has 2 saturated heterocycles. The quantitative estimate of drug-likeness (QED) is 0.761. The van der Waals surface area contributed by atoms with E-state index in [4.69, 9.17) is 0 Å². The molecule has 0 aromatic heterocycles. The summed E-state index contributed by atoms with van der Waals surface area (Å²) in [6, 6.07) is 0. The zero-order valence-corrected chi connectivity index (χ0v) is 10.9. The van der Waals surface area contributed by atoms with Gasteiger partial charge in [-0.05, 0) is 39.2 Å². The van der Waals surface area contributed by atoms with E-state index in [1.807, 2.05) is 0 Å². The number of nitrogens with zero attached hydrogens (tertiary/aromatic N) is 1. The van der Waals surface area contributed by atoms with Gasteiger partial charge in [0, 0.05) is 19.6 Å². The van der Waals surface area contributed by atoms with E-state index < -0.39 is 11.4 Å². The van der Waals surface area contributed by atoms with Gasteiger partial charge in [-0.3, -0.25) is 9.59 Å². The van der Waals surface area contributed by atoms with Crippen LogP contribution in [0.1, 0.15) is 32.6 Å². The molecule has 2 aliphatic rings. The second-order valence-electron chi connectivity index (χ2n) is 5.77. The van der Waals surface area contributed by atoms with Crippen LogP contribution in [0.4, 0.5) is 0 Å². The van der Waals surface area contributed by atoms with Crippen LogP contribution in [0.5, 0.6) is 0 Å². The van der Waals surface area contributed by atoms with Crippen molar-refractivity contribution in [1.29, 1.82) is 0 Å². The fraction of sp³-hybridized carbons (Fsp3) is 0.846. The summed E-state index contributed by atoms with van der Waals surface area (Å²) in [6.45, 7) is 4.53. The first-order chi connectivity index (χ1) is 8.53. The monoisotopic (exact) mass is 254 g/mol. The van der Waals surface area contributed by atoms with Gasteiger partial charge >= 0.3 is 5.97 Å². The molecule has 1 unspecified atom stereocenters. The number of carbonyl (C=O) groups excluding carboxylic acids is 1. The summed E-state index contributed by atoms with van der Waals surface area (Å²) in [5, 5.41) is 12.5. The molecule has 0 spiro atoms. The van der Waals surface area contributed by atoms with E-state index in [0.29, 0.717) is 19.5 Å². The van der Waals surface area contributed by atoms with Crippen molar-refractivity contribution >= 4 is 11.9 Å². The maximum Gasteiger partial charge on any atom is 0.311 e. The number of hydrogen-bond donors (Lipinski definition) is 2. The lowest BCUT2D eigenvalue weighted by Crippen LogP contribution is -2.51. The standard InChI is InChI=1S/C13H22N2O3/c1-13(12(17)18)5-3-7-15(9-13)11(16)10-4-2-6-14-8-10/h10,14H,2-9H2,1H3,(H,17,18)/t10-,13?/m0/s1. The molecule has 2 N–H and O–H groups in total.